The first-order chi connectivity index (χ1) is 50.8. The smallest absolute Gasteiger partial charge is 0.325 e. The summed E-state index contributed by atoms with van der Waals surface area (Å²) in [6, 6.07) is -11.6. The Morgan fingerprint density at radius 2 is 0.852 bits per heavy atom. The molecule has 0 saturated carbocycles. The molecule has 0 aliphatic rings. The number of aromatic nitrogens is 3. The van der Waals surface area contributed by atoms with Gasteiger partial charge in [-0.15, -0.1) is 0 Å². The third-order valence-corrected chi connectivity index (χ3v) is 17.2. The lowest BCUT2D eigenvalue weighted by Crippen LogP contribution is -2.61. The lowest BCUT2D eigenvalue weighted by Gasteiger charge is -2.29. The van der Waals surface area contributed by atoms with Gasteiger partial charge >= 0.3 is 5.97 Å². The Hall–Kier alpha value is -10.5. The van der Waals surface area contributed by atoms with E-state index in [2.05, 4.69) is 120 Å². The summed E-state index contributed by atoms with van der Waals surface area (Å²) < 4.78 is 0. The second-order valence-corrected chi connectivity index (χ2v) is 27.3. The number of para-hydroxylation sites is 1. The lowest BCUT2D eigenvalue weighted by atomic mass is 9.98. The summed E-state index contributed by atoms with van der Waals surface area (Å²) in [7, 11) is 0. The number of aromatic amines is 2. The van der Waals surface area contributed by atoms with Crippen molar-refractivity contribution in [3.05, 3.63) is 54.2 Å². The van der Waals surface area contributed by atoms with E-state index in [0.717, 1.165) is 0 Å². The highest BCUT2D eigenvalue weighted by Crippen LogP contribution is 2.20. The van der Waals surface area contributed by atoms with E-state index in [1.165, 1.54) is 40.2 Å². The van der Waals surface area contributed by atoms with E-state index in [0.29, 0.717) is 22.2 Å². The molecule has 108 heavy (non-hydrogen) atoms. The molecule has 0 saturated heterocycles. The Morgan fingerprint density at radius 3 is 1.35 bits per heavy atom. The van der Waals surface area contributed by atoms with Gasteiger partial charge < -0.3 is 117 Å². The zero-order valence-corrected chi connectivity index (χ0v) is 63.2. The van der Waals surface area contributed by atoms with Crippen LogP contribution >= 0.6 is 25.3 Å². The molecule has 42 heteroatoms. The summed E-state index contributed by atoms with van der Waals surface area (Å²) in [5, 5.41) is 65.5. The van der Waals surface area contributed by atoms with Crippen molar-refractivity contribution in [1.82, 2.24) is 94.7 Å². The van der Waals surface area contributed by atoms with Crippen LogP contribution in [-0.4, -0.2) is 254 Å². The van der Waals surface area contributed by atoms with Gasteiger partial charge in [0.2, 0.25) is 94.5 Å². The van der Waals surface area contributed by atoms with Crippen LogP contribution in [0.25, 0.3) is 10.9 Å². The van der Waals surface area contributed by atoms with E-state index in [1.54, 1.807) is 72.0 Å². The number of nitrogens with zero attached hydrogens (tertiary/aromatic N) is 1. The van der Waals surface area contributed by atoms with Crippen LogP contribution < -0.4 is 91.2 Å². The number of nitrogens with two attached hydrogens (primary N) is 2. The lowest BCUT2D eigenvalue weighted by molar-refractivity contribution is -0.141. The van der Waals surface area contributed by atoms with Crippen molar-refractivity contribution in [3.8, 4) is 0 Å². The molecule has 2 heterocycles. The fraction of sp³-hybridized carbons (Fsp3) is 0.576. The number of amides is 16. The van der Waals surface area contributed by atoms with Crippen molar-refractivity contribution in [2.75, 3.05) is 44.4 Å². The Balaban J connectivity index is 1.73. The van der Waals surface area contributed by atoms with Gasteiger partial charge in [-0.2, -0.15) is 25.3 Å². The predicted octanol–water partition coefficient (Wildman–Crippen LogP) is -7.97. The van der Waals surface area contributed by atoms with E-state index < -0.39 is 248 Å². The summed E-state index contributed by atoms with van der Waals surface area (Å²) in [6.45, 7) is 11.1. The number of carbonyl (C=O) groups is 17. The third kappa shape index (κ3) is 30.1. The number of H-pyrrole nitrogens is 2. The summed E-state index contributed by atoms with van der Waals surface area (Å²) in [6.07, 6.45) is 2.72. The largest absolute Gasteiger partial charge is 0.480 e. The second kappa shape index (κ2) is 45.3. The van der Waals surface area contributed by atoms with Gasteiger partial charge in [-0.25, -0.2) is 4.98 Å². The molecule has 40 nitrogen and oxygen atoms in total. The van der Waals surface area contributed by atoms with E-state index in [1.807, 2.05) is 0 Å². The quantitative estimate of drug-likeness (QED) is 0.0234. The Bertz CT molecular complexity index is 3650. The number of aliphatic hydroxyl groups is 2. The van der Waals surface area contributed by atoms with Crippen LogP contribution in [0.3, 0.4) is 0 Å². The molecule has 1 aromatic carbocycles. The Labute approximate surface area is 632 Å². The minimum atomic E-state index is -1.76. The number of rotatable bonds is 46. The van der Waals surface area contributed by atoms with E-state index in [9.17, 15) is 91.7 Å². The molecular weight excluding hydrogens is 1460 g/mol. The van der Waals surface area contributed by atoms with Gasteiger partial charge in [-0.1, -0.05) is 73.6 Å². The van der Waals surface area contributed by atoms with Crippen LogP contribution in [0.5, 0.6) is 0 Å². The number of benzene rings is 1. The number of aliphatic carboxylic acids is 1. The maximum Gasteiger partial charge on any atom is 0.325 e. The topological polar surface area (TPSA) is 628 Å². The molecule has 598 valence electrons. The number of aliphatic hydroxyl groups excluding tert-OH is 2. The van der Waals surface area contributed by atoms with Gasteiger partial charge in [-0.05, 0) is 55.6 Å². The van der Waals surface area contributed by atoms with Gasteiger partial charge in [0.15, 0.2) is 0 Å². The number of carboxylic acids is 1. The minimum absolute atomic E-state index is 0.239. The number of thiol groups is 2. The van der Waals surface area contributed by atoms with Crippen LogP contribution in [0.4, 0.5) is 0 Å². The molecule has 3 aromatic rings. The molecular formula is C66H102N20O20S2. The highest BCUT2D eigenvalue weighted by Gasteiger charge is 2.38. The first-order valence-electron chi connectivity index (χ1n) is 34.4. The fourth-order valence-electron chi connectivity index (χ4n) is 10.0. The third-order valence-electron chi connectivity index (χ3n) is 16.5. The number of hydrogen-bond acceptors (Lipinski definition) is 23. The SMILES string of the molecule is CC(C)[C@H](N)C(=O)N[C@H](C(=O)N[C@H](C(=O)N[C@@H](CS)C(=O)N[C@@H](C)C(=O)N[C@@H](CO)C(=O)N[C@@H](CS)C(=O)NCC(=O)N[C@@H](CCC(N)=O)C(=O)N[C@H](C(=O)N[C@@H](Cc1c[nH]c2ccccc12)C(=O)N[C@@H](Cc1cnc[nH]1)C(=O)NCC(=O)N[C@@H](CO)C(=O)NCC(=O)N[C@@H](C)C(=O)O)C(C)C)C(C)C)C(C)C. The number of carbonyl (C=O) groups excluding carboxylic acids is 16. The number of fused-ring (bicyclic) bond motifs is 1. The average molecular weight is 1560 g/mol. The van der Waals surface area contributed by atoms with Crippen LogP contribution in [0.15, 0.2) is 43.0 Å². The molecule has 13 atom stereocenters. The molecule has 0 fully saturated rings. The number of carboxylic acid groups (broad SMARTS) is 1. The van der Waals surface area contributed by atoms with Gasteiger partial charge in [-0.3, -0.25) is 81.5 Å². The fourth-order valence-corrected chi connectivity index (χ4v) is 10.5. The highest BCUT2D eigenvalue weighted by atomic mass is 32.1. The molecule has 0 unspecified atom stereocenters. The zero-order chi connectivity index (χ0) is 81.4. The van der Waals surface area contributed by atoms with E-state index in [4.69, 9.17) is 16.6 Å². The zero-order valence-electron chi connectivity index (χ0n) is 61.4. The van der Waals surface area contributed by atoms with Crippen molar-refractivity contribution < 1.29 is 96.8 Å². The van der Waals surface area contributed by atoms with Crippen LogP contribution in [0, 0.1) is 23.7 Å². The molecule has 16 amide bonds. The van der Waals surface area contributed by atoms with Gasteiger partial charge in [0.25, 0.3) is 0 Å². The van der Waals surface area contributed by atoms with Crippen LogP contribution in [0.2, 0.25) is 0 Å². The van der Waals surface area contributed by atoms with Crippen LogP contribution in [0.1, 0.15) is 93.3 Å². The number of hydrogen-bond donors (Lipinski definition) is 24. The molecule has 2 aromatic heterocycles. The summed E-state index contributed by atoms with van der Waals surface area (Å²) >= 11 is 8.31. The van der Waals surface area contributed by atoms with Crippen LogP contribution in [-0.2, 0) is 94.3 Å². The molecule has 3 rings (SSSR count). The molecule has 0 radical (unpaired) electrons. The number of primary amides is 1. The van der Waals surface area contributed by atoms with Crippen molar-refractivity contribution in [1.29, 1.82) is 0 Å². The highest BCUT2D eigenvalue weighted by molar-refractivity contribution is 7.80. The maximum atomic E-state index is 14.6. The first kappa shape index (κ1) is 91.7. The minimum Gasteiger partial charge on any atom is -0.480 e. The summed E-state index contributed by atoms with van der Waals surface area (Å²) in [5.74, 6) is -19.1. The second-order valence-electron chi connectivity index (χ2n) is 26.6. The molecule has 0 bridgehead atoms. The van der Waals surface area contributed by atoms with Crippen molar-refractivity contribution in [2.45, 2.75) is 173 Å². The molecule has 24 N–H and O–H groups in total. The van der Waals surface area contributed by atoms with Crippen molar-refractivity contribution in [3.63, 3.8) is 0 Å². The van der Waals surface area contributed by atoms with E-state index >= 15 is 0 Å². The molecule has 0 aliphatic carbocycles. The maximum absolute atomic E-state index is 14.6. The van der Waals surface area contributed by atoms with Gasteiger partial charge in [0.1, 0.15) is 72.5 Å². The molecule has 0 aliphatic heterocycles. The van der Waals surface area contributed by atoms with Crippen molar-refractivity contribution in [2.24, 2.45) is 35.1 Å². The predicted molar refractivity (Wildman–Crippen MR) is 393 cm³/mol. The monoisotopic (exact) mass is 1560 g/mol. The summed E-state index contributed by atoms with van der Waals surface area (Å²) in [5.41, 5.74) is 12.9. The van der Waals surface area contributed by atoms with E-state index in [-0.39, 0.29) is 24.5 Å². The first-order valence-corrected chi connectivity index (χ1v) is 35.7. The Kier molecular flexibility index (Phi) is 38.4. The van der Waals surface area contributed by atoms with Gasteiger partial charge in [0.05, 0.1) is 45.2 Å². The van der Waals surface area contributed by atoms with Crippen molar-refractivity contribution >= 4 is 137 Å². The number of imidazole rings is 1. The number of nitrogens with one attached hydrogen (secondary N) is 17. The normalized spacial score (nSPS) is 14.8. The van der Waals surface area contributed by atoms with Gasteiger partial charge in [0, 0.05) is 59.8 Å². The standard InChI is InChI=1S/C66H102N20O20S2/c1-29(2)50(68)62(101)85-53(32(7)8)65(104)86-52(31(5)6)64(103)83-45(27-108)61(100)76-33(9)54(93)81-43(25-88)60(99)82-44(26-107)57(96)73-22-48(91)77-39(15-16-46(67)89)58(97)84-51(30(3)4)63(102)80-40(17-35-19-70-38-14-12-11-13-37(35)38)59(98)79-41(18-36-20-69-28-74-36)55(94)71-23-49(92)78-42(24-87)56(95)72-21-47(90)75-34(10)66(105)106/h11-14,19-20,28-34,39-45,50-53,70,87-88,107-108H,15-18,21-27,68H2,1-10H3,(H2,67,89)(H,69,74)(H,71,94)(H,72,95)(H,73,96)(H,75,90)(H,76,100)(H,77,91)(H,78,92)(H,79,98)(H,80,102)(H,81,93)(H,82,99)(H,83,103)(H,84,97)(H,85,101)(H,86,104)(H,105,106)/t33-,34-,39-,40-,41-,42-,43-,44-,45-,50-,51-,52-,53-/m0/s1. The Morgan fingerprint density at radius 1 is 0.444 bits per heavy atom. The average Bonchev–Trinajstić information content (AvgIpc) is 1.63. The molecule has 0 spiro atoms. The summed E-state index contributed by atoms with van der Waals surface area (Å²) in [4.78, 5) is 235.